The zero-order chi connectivity index (χ0) is 19.5. The molecule has 0 aliphatic carbocycles. The van der Waals surface area contributed by atoms with Crippen molar-refractivity contribution in [3.05, 3.63) is 22.0 Å². The summed E-state index contributed by atoms with van der Waals surface area (Å²) in [6.45, 7) is 2.94. The van der Waals surface area contributed by atoms with Crippen LogP contribution in [0.15, 0.2) is 28.5 Å². The van der Waals surface area contributed by atoms with Crippen LogP contribution in [-0.4, -0.2) is 46.3 Å². The second-order valence-electron chi connectivity index (χ2n) is 6.32. The average Bonchev–Trinajstić information content (AvgIpc) is 3.04. The van der Waals surface area contributed by atoms with E-state index in [1.165, 1.54) is 6.33 Å². The van der Waals surface area contributed by atoms with Gasteiger partial charge in [0.05, 0.1) is 0 Å². The molecule has 10 heteroatoms. The van der Waals surface area contributed by atoms with Crippen molar-refractivity contribution in [3.8, 4) is 11.5 Å². The standard InChI is InChI=1S/C18H21IN6O2S/c1-21-4-2-3-5-25-17-15(16(20)22-10-23-17)24-18(25)28-14-9-13-12(8-11(14)19)26-6-7-27-13/h8-10,21H,2-7H2,1H3,(H2,20,22,23). The fourth-order valence-corrected chi connectivity index (χ4v) is 4.72. The highest BCUT2D eigenvalue weighted by molar-refractivity contribution is 14.1. The second-order valence-corrected chi connectivity index (χ2v) is 8.49. The van der Waals surface area contributed by atoms with E-state index in [1.807, 2.05) is 19.2 Å². The number of rotatable bonds is 7. The molecular formula is C18H21IN6O2S. The predicted octanol–water partition coefficient (Wildman–Crippen LogP) is 2.94. The van der Waals surface area contributed by atoms with Crippen LogP contribution in [0.2, 0.25) is 0 Å². The highest BCUT2D eigenvalue weighted by atomic mass is 127. The van der Waals surface area contributed by atoms with Crippen LogP contribution in [0.4, 0.5) is 5.82 Å². The fourth-order valence-electron chi connectivity index (χ4n) is 3.01. The fraction of sp³-hybridized carbons (Fsp3) is 0.389. The number of nitrogens with one attached hydrogen (secondary N) is 1. The van der Waals surface area contributed by atoms with Gasteiger partial charge in [-0.15, -0.1) is 0 Å². The zero-order valence-corrected chi connectivity index (χ0v) is 18.4. The van der Waals surface area contributed by atoms with Gasteiger partial charge in [-0.3, -0.25) is 0 Å². The van der Waals surface area contributed by atoms with E-state index in [0.717, 1.165) is 56.7 Å². The Kier molecular flexibility index (Phi) is 6.07. The number of hydrogen-bond donors (Lipinski definition) is 2. The van der Waals surface area contributed by atoms with Crippen molar-refractivity contribution in [1.82, 2.24) is 24.8 Å². The van der Waals surface area contributed by atoms with Gasteiger partial charge >= 0.3 is 0 Å². The SMILES string of the molecule is CNCCCCn1c(Sc2cc3c(cc2I)OCCO3)nc2c(N)ncnc21. The van der Waals surface area contributed by atoms with Gasteiger partial charge in [0.1, 0.15) is 19.5 Å². The Labute approximate surface area is 180 Å². The minimum atomic E-state index is 0.401. The van der Waals surface area contributed by atoms with Crippen molar-refractivity contribution in [2.75, 3.05) is 32.5 Å². The third-order valence-corrected chi connectivity index (χ3v) is 6.69. The molecule has 0 amide bonds. The molecule has 3 N–H and O–H groups in total. The molecule has 0 fully saturated rings. The van der Waals surface area contributed by atoms with Crippen molar-refractivity contribution in [1.29, 1.82) is 0 Å². The number of aryl methyl sites for hydroxylation is 1. The summed E-state index contributed by atoms with van der Waals surface area (Å²) in [5.74, 6) is 1.96. The Bertz CT molecular complexity index is 996. The molecule has 0 unspecified atom stereocenters. The molecule has 0 atom stereocenters. The molecule has 0 saturated heterocycles. The van der Waals surface area contributed by atoms with Crippen molar-refractivity contribution in [3.63, 3.8) is 0 Å². The van der Waals surface area contributed by atoms with Gasteiger partial charge in [0.25, 0.3) is 0 Å². The summed E-state index contributed by atoms with van der Waals surface area (Å²) in [6, 6.07) is 4.02. The molecule has 3 aromatic rings. The van der Waals surface area contributed by atoms with Gasteiger partial charge in [-0.25, -0.2) is 15.0 Å². The van der Waals surface area contributed by atoms with Crippen molar-refractivity contribution in [2.45, 2.75) is 29.4 Å². The summed E-state index contributed by atoms with van der Waals surface area (Å²) in [5, 5.41) is 4.03. The van der Waals surface area contributed by atoms with Crippen LogP contribution in [-0.2, 0) is 6.54 Å². The number of aromatic nitrogens is 4. The molecule has 28 heavy (non-hydrogen) atoms. The van der Waals surface area contributed by atoms with Crippen LogP contribution in [0.1, 0.15) is 12.8 Å². The Morgan fingerprint density at radius 3 is 2.79 bits per heavy atom. The van der Waals surface area contributed by atoms with Gasteiger partial charge in [0.2, 0.25) is 0 Å². The first-order valence-corrected chi connectivity index (χ1v) is 10.9. The summed E-state index contributed by atoms with van der Waals surface area (Å²) in [6.07, 6.45) is 3.58. The number of nitrogens with two attached hydrogens (primary N) is 1. The molecule has 0 bridgehead atoms. The van der Waals surface area contributed by atoms with Crippen molar-refractivity contribution < 1.29 is 9.47 Å². The van der Waals surface area contributed by atoms with Gasteiger partial charge in [0, 0.05) is 15.0 Å². The first kappa shape index (κ1) is 19.5. The Morgan fingerprint density at radius 1 is 1.21 bits per heavy atom. The maximum absolute atomic E-state index is 6.04. The van der Waals surface area contributed by atoms with E-state index >= 15 is 0 Å². The van der Waals surface area contributed by atoms with Crippen molar-refractivity contribution in [2.24, 2.45) is 0 Å². The number of imidazole rings is 1. The molecule has 4 rings (SSSR count). The molecular weight excluding hydrogens is 491 g/mol. The molecule has 3 heterocycles. The highest BCUT2D eigenvalue weighted by Crippen LogP contribution is 2.40. The zero-order valence-electron chi connectivity index (χ0n) is 15.4. The Morgan fingerprint density at radius 2 is 2.00 bits per heavy atom. The molecule has 0 spiro atoms. The van der Waals surface area contributed by atoms with E-state index in [2.05, 4.69) is 42.4 Å². The monoisotopic (exact) mass is 512 g/mol. The summed E-state index contributed by atoms with van der Waals surface area (Å²) >= 11 is 3.90. The number of anilines is 1. The molecule has 1 aromatic carbocycles. The number of fused-ring (bicyclic) bond motifs is 2. The maximum Gasteiger partial charge on any atom is 0.175 e. The van der Waals surface area contributed by atoms with Gasteiger partial charge in [0.15, 0.2) is 33.6 Å². The summed E-state index contributed by atoms with van der Waals surface area (Å²) in [4.78, 5) is 14.3. The quantitative estimate of drug-likeness (QED) is 0.368. The third-order valence-electron chi connectivity index (χ3n) is 4.38. The predicted molar refractivity (Wildman–Crippen MR) is 117 cm³/mol. The van der Waals surface area contributed by atoms with Gasteiger partial charge < -0.3 is 25.1 Å². The first-order valence-electron chi connectivity index (χ1n) is 9.05. The number of unbranched alkanes of at least 4 members (excludes halogenated alkanes) is 1. The first-order chi connectivity index (χ1) is 13.7. The third kappa shape index (κ3) is 3.98. The molecule has 8 nitrogen and oxygen atoms in total. The van der Waals surface area contributed by atoms with Crippen molar-refractivity contribution >= 4 is 51.3 Å². The topological polar surface area (TPSA) is 100 Å². The normalized spacial score (nSPS) is 13.2. The molecule has 0 saturated carbocycles. The van der Waals surface area contributed by atoms with Crippen LogP contribution in [0.5, 0.6) is 11.5 Å². The second kappa shape index (κ2) is 8.70. The van der Waals surface area contributed by atoms with Crippen LogP contribution >= 0.6 is 34.4 Å². The minimum absolute atomic E-state index is 0.401. The lowest BCUT2D eigenvalue weighted by Gasteiger charge is -2.19. The lowest BCUT2D eigenvalue weighted by atomic mass is 10.3. The smallest absolute Gasteiger partial charge is 0.175 e. The molecule has 148 valence electrons. The van der Waals surface area contributed by atoms with E-state index < -0.39 is 0 Å². The van der Waals surface area contributed by atoms with Crippen LogP contribution in [0, 0.1) is 3.57 Å². The summed E-state index contributed by atoms with van der Waals surface area (Å²) < 4.78 is 14.6. The van der Waals surface area contributed by atoms with E-state index in [1.54, 1.807) is 11.8 Å². The minimum Gasteiger partial charge on any atom is -0.486 e. The highest BCUT2D eigenvalue weighted by Gasteiger charge is 2.20. The lowest BCUT2D eigenvalue weighted by molar-refractivity contribution is 0.171. The molecule has 2 aromatic heterocycles. The number of nitrogen functional groups attached to an aromatic ring is 1. The average molecular weight is 512 g/mol. The van der Waals surface area contributed by atoms with Gasteiger partial charge in [-0.1, -0.05) is 11.8 Å². The van der Waals surface area contributed by atoms with E-state index in [-0.39, 0.29) is 0 Å². The number of halogens is 1. The molecule has 1 aliphatic rings. The van der Waals surface area contributed by atoms with Crippen LogP contribution in [0.3, 0.4) is 0 Å². The van der Waals surface area contributed by atoms with E-state index in [4.69, 9.17) is 20.2 Å². The van der Waals surface area contributed by atoms with Gasteiger partial charge in [-0.05, 0) is 61.2 Å². The molecule has 1 aliphatic heterocycles. The van der Waals surface area contributed by atoms with E-state index in [9.17, 15) is 0 Å². The van der Waals surface area contributed by atoms with E-state index in [0.29, 0.717) is 24.5 Å². The van der Waals surface area contributed by atoms with Crippen LogP contribution < -0.4 is 20.5 Å². The summed E-state index contributed by atoms with van der Waals surface area (Å²) in [5.41, 5.74) is 7.46. The Balaban J connectivity index is 1.68. The van der Waals surface area contributed by atoms with Gasteiger partial charge in [-0.2, -0.15) is 0 Å². The van der Waals surface area contributed by atoms with Crippen LogP contribution in [0.25, 0.3) is 11.2 Å². The number of ether oxygens (including phenoxy) is 2. The summed E-state index contributed by atoms with van der Waals surface area (Å²) in [7, 11) is 1.96. The maximum atomic E-state index is 6.04. The lowest BCUT2D eigenvalue weighted by Crippen LogP contribution is -2.15. The number of nitrogens with zero attached hydrogens (tertiary/aromatic N) is 4. The Hall–Kier alpha value is -1.79. The number of hydrogen-bond acceptors (Lipinski definition) is 8. The molecule has 0 radical (unpaired) electrons. The number of benzene rings is 1. The largest absolute Gasteiger partial charge is 0.486 e.